The molecule has 0 bridgehead atoms. The molecule has 3 rings (SSSR count). The molecule has 28 heavy (non-hydrogen) atoms. The number of halogens is 1. The Kier molecular flexibility index (Phi) is 5.59. The van der Waals surface area contributed by atoms with Crippen molar-refractivity contribution >= 4 is 34.0 Å². The van der Waals surface area contributed by atoms with Gasteiger partial charge < -0.3 is 10.1 Å². The molecule has 142 valence electrons. The zero-order valence-corrected chi connectivity index (χ0v) is 14.6. The van der Waals surface area contributed by atoms with Gasteiger partial charge in [-0.1, -0.05) is 42.5 Å². The van der Waals surface area contributed by atoms with Gasteiger partial charge in [0, 0.05) is 12.1 Å². The van der Waals surface area contributed by atoms with E-state index in [1.54, 1.807) is 6.07 Å². The summed E-state index contributed by atoms with van der Waals surface area (Å²) in [7, 11) is 0. The van der Waals surface area contributed by atoms with Crippen LogP contribution in [0.2, 0.25) is 0 Å². The summed E-state index contributed by atoms with van der Waals surface area (Å²) in [4.78, 5) is 34.0. The molecule has 0 radical (unpaired) electrons. The van der Waals surface area contributed by atoms with Crippen LogP contribution in [0, 0.1) is 15.9 Å². The third-order valence-corrected chi connectivity index (χ3v) is 4.01. The van der Waals surface area contributed by atoms with E-state index in [-0.39, 0.29) is 17.8 Å². The lowest BCUT2D eigenvalue weighted by Gasteiger charge is -2.09. The van der Waals surface area contributed by atoms with Crippen LogP contribution in [0.3, 0.4) is 0 Å². The van der Waals surface area contributed by atoms with Gasteiger partial charge in [0.2, 0.25) is 0 Å². The van der Waals surface area contributed by atoms with Crippen LogP contribution in [0.5, 0.6) is 0 Å². The Morgan fingerprint density at radius 1 is 1.07 bits per heavy atom. The summed E-state index contributed by atoms with van der Waals surface area (Å²) < 4.78 is 18.6. The van der Waals surface area contributed by atoms with Gasteiger partial charge in [0.05, 0.1) is 17.0 Å². The van der Waals surface area contributed by atoms with Crippen LogP contribution in [0.1, 0.15) is 5.56 Å². The molecule has 0 fully saturated rings. The summed E-state index contributed by atoms with van der Waals surface area (Å²) in [6.07, 6.45) is -0.0280. The fraction of sp³-hybridized carbons (Fsp3) is 0.100. The summed E-state index contributed by atoms with van der Waals surface area (Å²) in [5, 5.41) is 14.8. The number of hydrogen-bond donors (Lipinski definition) is 1. The minimum Gasteiger partial charge on any atom is -0.455 e. The van der Waals surface area contributed by atoms with E-state index >= 15 is 0 Å². The molecule has 0 aliphatic heterocycles. The summed E-state index contributed by atoms with van der Waals surface area (Å²) in [5.41, 5.74) is 0.0298. The Labute approximate surface area is 158 Å². The number of anilines is 1. The lowest BCUT2D eigenvalue weighted by molar-refractivity contribution is -0.384. The van der Waals surface area contributed by atoms with Crippen molar-refractivity contribution in [1.82, 2.24) is 0 Å². The second kappa shape index (κ2) is 8.26. The molecular weight excluding hydrogens is 367 g/mol. The molecule has 3 aromatic carbocycles. The maximum atomic E-state index is 13.7. The van der Waals surface area contributed by atoms with Crippen LogP contribution in [0.15, 0.2) is 60.7 Å². The van der Waals surface area contributed by atoms with Gasteiger partial charge in [-0.25, -0.2) is 4.39 Å². The van der Waals surface area contributed by atoms with Gasteiger partial charge in [-0.15, -0.1) is 0 Å². The normalized spacial score (nSPS) is 10.5. The minimum absolute atomic E-state index is 0.0280. The smallest absolute Gasteiger partial charge is 0.310 e. The largest absolute Gasteiger partial charge is 0.455 e. The van der Waals surface area contributed by atoms with Gasteiger partial charge in [-0.2, -0.15) is 0 Å². The standard InChI is InChI=1S/C20H15FN2O5/c21-17-9-8-15(23(26)27)11-18(17)22-19(24)12-28-20(25)10-14-6-3-5-13-4-1-2-7-16(13)14/h1-9,11H,10,12H2,(H,22,24). The number of carbonyl (C=O) groups is 2. The lowest BCUT2D eigenvalue weighted by atomic mass is 10.0. The maximum absolute atomic E-state index is 13.7. The molecule has 0 heterocycles. The van der Waals surface area contributed by atoms with Crippen molar-refractivity contribution < 1.29 is 23.6 Å². The summed E-state index contributed by atoms with van der Waals surface area (Å²) in [6, 6.07) is 15.8. The first kappa shape index (κ1) is 19.0. The van der Waals surface area contributed by atoms with Crippen molar-refractivity contribution in [1.29, 1.82) is 0 Å². The van der Waals surface area contributed by atoms with Gasteiger partial charge in [-0.3, -0.25) is 19.7 Å². The topological polar surface area (TPSA) is 98.5 Å². The molecule has 3 aromatic rings. The molecule has 1 amide bonds. The van der Waals surface area contributed by atoms with Crippen molar-refractivity contribution in [3.63, 3.8) is 0 Å². The number of carbonyl (C=O) groups excluding carboxylic acids is 2. The number of amides is 1. The Balaban J connectivity index is 1.59. The Morgan fingerprint density at radius 3 is 2.61 bits per heavy atom. The third kappa shape index (κ3) is 4.47. The molecular formula is C20H15FN2O5. The predicted molar refractivity (Wildman–Crippen MR) is 100 cm³/mol. The molecule has 0 saturated carbocycles. The van der Waals surface area contributed by atoms with E-state index in [1.807, 2.05) is 36.4 Å². The number of hydrogen-bond acceptors (Lipinski definition) is 5. The molecule has 0 spiro atoms. The Hall–Kier alpha value is -3.81. The molecule has 0 aromatic heterocycles. The quantitative estimate of drug-likeness (QED) is 0.399. The first-order valence-corrected chi connectivity index (χ1v) is 8.30. The van der Waals surface area contributed by atoms with E-state index in [2.05, 4.69) is 5.32 Å². The number of nitro groups is 1. The zero-order valence-electron chi connectivity index (χ0n) is 14.6. The molecule has 1 N–H and O–H groups in total. The number of fused-ring (bicyclic) bond motifs is 1. The van der Waals surface area contributed by atoms with E-state index in [0.717, 1.165) is 34.5 Å². The Morgan fingerprint density at radius 2 is 1.82 bits per heavy atom. The van der Waals surface area contributed by atoms with Crippen LogP contribution in [0.25, 0.3) is 10.8 Å². The third-order valence-electron chi connectivity index (χ3n) is 4.01. The molecule has 0 aliphatic carbocycles. The molecule has 8 heteroatoms. The van der Waals surface area contributed by atoms with Gasteiger partial charge in [-0.05, 0) is 22.4 Å². The number of ether oxygens (including phenoxy) is 1. The highest BCUT2D eigenvalue weighted by atomic mass is 19.1. The first-order valence-electron chi connectivity index (χ1n) is 8.30. The van der Waals surface area contributed by atoms with Gasteiger partial charge >= 0.3 is 5.97 Å². The van der Waals surface area contributed by atoms with E-state index in [1.165, 1.54) is 0 Å². The van der Waals surface area contributed by atoms with E-state index < -0.39 is 29.2 Å². The average Bonchev–Trinajstić information content (AvgIpc) is 2.68. The van der Waals surface area contributed by atoms with Gasteiger partial charge in [0.15, 0.2) is 6.61 Å². The number of benzene rings is 3. The average molecular weight is 382 g/mol. The fourth-order valence-electron chi connectivity index (χ4n) is 2.71. The van der Waals surface area contributed by atoms with E-state index in [9.17, 15) is 24.1 Å². The van der Waals surface area contributed by atoms with Crippen molar-refractivity contribution in [3.05, 3.63) is 82.2 Å². The summed E-state index contributed by atoms with van der Waals surface area (Å²) in [6.45, 7) is -0.633. The SMILES string of the molecule is O=C(COC(=O)Cc1cccc2ccccc12)Nc1cc([N+](=O)[O-])ccc1F. The zero-order chi connectivity index (χ0) is 20.1. The highest BCUT2D eigenvalue weighted by molar-refractivity contribution is 5.94. The lowest BCUT2D eigenvalue weighted by Crippen LogP contribution is -2.22. The minimum atomic E-state index is -0.832. The monoisotopic (exact) mass is 382 g/mol. The number of nitrogens with one attached hydrogen (secondary N) is 1. The van der Waals surface area contributed by atoms with Crippen LogP contribution >= 0.6 is 0 Å². The van der Waals surface area contributed by atoms with Crippen LogP contribution in [-0.2, 0) is 20.7 Å². The number of esters is 1. The molecule has 0 aliphatic rings. The van der Waals surface area contributed by atoms with Gasteiger partial charge in [0.1, 0.15) is 5.82 Å². The highest BCUT2D eigenvalue weighted by Crippen LogP contribution is 2.21. The number of non-ortho nitro benzene ring substituents is 1. The molecule has 0 saturated heterocycles. The predicted octanol–water partition coefficient (Wildman–Crippen LogP) is 3.61. The molecule has 7 nitrogen and oxygen atoms in total. The summed E-state index contributed by atoms with van der Waals surface area (Å²) >= 11 is 0. The van der Waals surface area contributed by atoms with Crippen LogP contribution in [0.4, 0.5) is 15.8 Å². The number of rotatable bonds is 6. The van der Waals surface area contributed by atoms with Crippen LogP contribution in [-0.4, -0.2) is 23.4 Å². The van der Waals surface area contributed by atoms with E-state index in [4.69, 9.17) is 4.74 Å². The van der Waals surface area contributed by atoms with Crippen molar-refractivity contribution in [2.45, 2.75) is 6.42 Å². The second-order valence-electron chi connectivity index (χ2n) is 5.95. The number of nitrogens with zero attached hydrogens (tertiary/aromatic N) is 1. The van der Waals surface area contributed by atoms with Crippen molar-refractivity contribution in [2.75, 3.05) is 11.9 Å². The van der Waals surface area contributed by atoms with Gasteiger partial charge in [0.25, 0.3) is 11.6 Å². The van der Waals surface area contributed by atoms with Crippen molar-refractivity contribution in [3.8, 4) is 0 Å². The highest BCUT2D eigenvalue weighted by Gasteiger charge is 2.15. The Bertz CT molecular complexity index is 1060. The second-order valence-corrected chi connectivity index (χ2v) is 5.95. The maximum Gasteiger partial charge on any atom is 0.310 e. The summed E-state index contributed by atoms with van der Waals surface area (Å²) in [5.74, 6) is -2.25. The molecule has 0 atom stereocenters. The number of nitro benzene ring substituents is 1. The van der Waals surface area contributed by atoms with Crippen LogP contribution < -0.4 is 5.32 Å². The fourth-order valence-corrected chi connectivity index (χ4v) is 2.71. The first-order chi connectivity index (χ1) is 13.4. The van der Waals surface area contributed by atoms with Crippen molar-refractivity contribution in [2.24, 2.45) is 0 Å². The van der Waals surface area contributed by atoms with E-state index in [0.29, 0.717) is 0 Å². The molecule has 0 unspecified atom stereocenters.